The van der Waals surface area contributed by atoms with Crippen molar-refractivity contribution in [2.24, 2.45) is 0 Å². The van der Waals surface area contributed by atoms with E-state index < -0.39 is 0 Å². The zero-order chi connectivity index (χ0) is 15.8. The van der Waals surface area contributed by atoms with E-state index in [1.807, 2.05) is 42.5 Å². The number of nitrogens with zero attached hydrogens (tertiary/aromatic N) is 1. The van der Waals surface area contributed by atoms with Gasteiger partial charge in [0.05, 0.1) is 17.5 Å². The summed E-state index contributed by atoms with van der Waals surface area (Å²) in [5.74, 6) is -0.129. The number of Topliss-reactive ketones (excluding diaryl/α,β-unsaturated/α-hetero) is 1. The second-order valence-corrected chi connectivity index (χ2v) is 5.38. The van der Waals surface area contributed by atoms with Crippen LogP contribution in [0.25, 0.3) is 21.9 Å². The number of carbonyl (C=O) groups excluding carboxylic acids is 1. The summed E-state index contributed by atoms with van der Waals surface area (Å²) in [6, 6.07) is 14.9. The highest BCUT2D eigenvalue weighted by Gasteiger charge is 2.15. The third-order valence-corrected chi connectivity index (χ3v) is 3.89. The van der Waals surface area contributed by atoms with Crippen LogP contribution in [-0.2, 0) is 6.42 Å². The third kappa shape index (κ3) is 2.32. The quantitative estimate of drug-likeness (QED) is 0.571. The van der Waals surface area contributed by atoms with E-state index >= 15 is 0 Å². The Bertz CT molecular complexity index is 1090. The van der Waals surface area contributed by atoms with Gasteiger partial charge < -0.3 is 9.97 Å². The van der Waals surface area contributed by atoms with Gasteiger partial charge in [0.25, 0.3) is 5.56 Å². The Labute approximate surface area is 131 Å². The molecule has 0 atom stereocenters. The van der Waals surface area contributed by atoms with Crippen molar-refractivity contribution in [2.45, 2.75) is 6.42 Å². The number of carbonyl (C=O) groups is 1. The average molecular weight is 303 g/mol. The van der Waals surface area contributed by atoms with Gasteiger partial charge in [-0.15, -0.1) is 0 Å². The van der Waals surface area contributed by atoms with Crippen LogP contribution in [0.1, 0.15) is 16.1 Å². The molecule has 5 nitrogen and oxygen atoms in total. The van der Waals surface area contributed by atoms with Gasteiger partial charge >= 0.3 is 0 Å². The van der Waals surface area contributed by atoms with Gasteiger partial charge in [-0.05, 0) is 18.2 Å². The van der Waals surface area contributed by atoms with E-state index in [9.17, 15) is 9.59 Å². The number of aromatic nitrogens is 3. The number of rotatable bonds is 3. The maximum absolute atomic E-state index is 12.6. The molecule has 0 fully saturated rings. The molecule has 0 saturated carbocycles. The van der Waals surface area contributed by atoms with E-state index in [4.69, 9.17) is 0 Å². The number of nitrogens with one attached hydrogen (secondary N) is 2. The number of H-pyrrole nitrogens is 2. The lowest BCUT2D eigenvalue weighted by Gasteiger charge is -2.02. The van der Waals surface area contributed by atoms with Crippen molar-refractivity contribution < 1.29 is 4.79 Å². The molecule has 0 aliphatic carbocycles. The van der Waals surface area contributed by atoms with Crippen LogP contribution in [0, 0.1) is 0 Å². The van der Waals surface area contributed by atoms with Gasteiger partial charge in [0.2, 0.25) is 0 Å². The van der Waals surface area contributed by atoms with Crippen molar-refractivity contribution in [2.75, 3.05) is 0 Å². The van der Waals surface area contributed by atoms with E-state index in [1.54, 1.807) is 12.3 Å². The standard InChI is InChI=1S/C18H13N3O2/c22-17(12-10-19-13-6-2-1-5-11(12)13)9-16-18(23)21-15-8-4-3-7-14(15)20-16/h1-8,10,19H,9H2,(H,21,23). The highest BCUT2D eigenvalue weighted by Crippen LogP contribution is 2.19. The summed E-state index contributed by atoms with van der Waals surface area (Å²) in [5.41, 5.74) is 2.73. The fraction of sp³-hybridized carbons (Fsp3) is 0.0556. The maximum atomic E-state index is 12.6. The van der Waals surface area contributed by atoms with Crippen LogP contribution < -0.4 is 5.56 Å². The molecule has 0 spiro atoms. The Hall–Kier alpha value is -3.21. The molecule has 5 heteroatoms. The molecule has 0 unspecified atom stereocenters. The lowest BCUT2D eigenvalue weighted by atomic mass is 10.1. The average Bonchev–Trinajstić information content (AvgIpc) is 2.99. The first-order valence-electron chi connectivity index (χ1n) is 7.29. The third-order valence-electron chi connectivity index (χ3n) is 3.89. The Balaban J connectivity index is 1.74. The number of para-hydroxylation sites is 3. The molecule has 2 aromatic carbocycles. The zero-order valence-electron chi connectivity index (χ0n) is 12.2. The van der Waals surface area contributed by atoms with Crippen LogP contribution in [-0.4, -0.2) is 20.7 Å². The normalized spacial score (nSPS) is 11.1. The van der Waals surface area contributed by atoms with Crippen LogP contribution in [0.3, 0.4) is 0 Å². The summed E-state index contributed by atoms with van der Waals surface area (Å²) in [6.07, 6.45) is 1.66. The predicted octanol–water partition coefficient (Wildman–Crippen LogP) is 2.83. The molecule has 0 aliphatic heterocycles. The van der Waals surface area contributed by atoms with E-state index in [0.717, 1.165) is 10.9 Å². The summed E-state index contributed by atoms with van der Waals surface area (Å²) in [7, 11) is 0. The minimum absolute atomic E-state index is 0.0258. The number of ketones is 1. The minimum atomic E-state index is -0.322. The van der Waals surface area contributed by atoms with Crippen molar-refractivity contribution in [3.05, 3.63) is 76.3 Å². The van der Waals surface area contributed by atoms with Gasteiger partial charge in [-0.2, -0.15) is 0 Å². The highest BCUT2D eigenvalue weighted by atomic mass is 16.1. The summed E-state index contributed by atoms with van der Waals surface area (Å²) in [4.78, 5) is 34.9. The van der Waals surface area contributed by atoms with E-state index in [2.05, 4.69) is 15.0 Å². The molecule has 2 aromatic heterocycles. The summed E-state index contributed by atoms with van der Waals surface area (Å²) >= 11 is 0. The monoisotopic (exact) mass is 303 g/mol. The van der Waals surface area contributed by atoms with Gasteiger partial charge in [0, 0.05) is 22.7 Å². The molecule has 0 bridgehead atoms. The molecule has 2 heterocycles. The maximum Gasteiger partial charge on any atom is 0.270 e. The molecule has 0 radical (unpaired) electrons. The fourth-order valence-corrected chi connectivity index (χ4v) is 2.74. The van der Waals surface area contributed by atoms with Crippen LogP contribution in [0.15, 0.2) is 59.5 Å². The molecule has 112 valence electrons. The Morgan fingerprint density at radius 3 is 2.61 bits per heavy atom. The summed E-state index contributed by atoms with van der Waals surface area (Å²) in [5, 5.41) is 0.856. The summed E-state index contributed by atoms with van der Waals surface area (Å²) < 4.78 is 0. The lowest BCUT2D eigenvalue weighted by Crippen LogP contribution is -2.18. The zero-order valence-corrected chi connectivity index (χ0v) is 12.2. The molecular weight excluding hydrogens is 290 g/mol. The molecule has 0 aliphatic rings. The molecule has 4 aromatic rings. The van der Waals surface area contributed by atoms with E-state index in [-0.39, 0.29) is 23.5 Å². The predicted molar refractivity (Wildman–Crippen MR) is 88.7 cm³/mol. The van der Waals surface area contributed by atoms with Gasteiger partial charge in [-0.3, -0.25) is 9.59 Å². The molecule has 2 N–H and O–H groups in total. The van der Waals surface area contributed by atoms with Crippen LogP contribution in [0.2, 0.25) is 0 Å². The van der Waals surface area contributed by atoms with Gasteiger partial charge in [0.1, 0.15) is 5.69 Å². The van der Waals surface area contributed by atoms with Crippen molar-refractivity contribution >= 4 is 27.7 Å². The Kier molecular flexibility index (Phi) is 3.05. The smallest absolute Gasteiger partial charge is 0.270 e. The van der Waals surface area contributed by atoms with Crippen LogP contribution in [0.4, 0.5) is 0 Å². The largest absolute Gasteiger partial charge is 0.360 e. The number of hydrogen-bond acceptors (Lipinski definition) is 3. The molecule has 4 rings (SSSR count). The van der Waals surface area contributed by atoms with Crippen LogP contribution >= 0.6 is 0 Å². The van der Waals surface area contributed by atoms with Crippen molar-refractivity contribution in [3.63, 3.8) is 0 Å². The topological polar surface area (TPSA) is 78.6 Å². The van der Waals surface area contributed by atoms with E-state index in [0.29, 0.717) is 16.6 Å². The molecule has 0 amide bonds. The van der Waals surface area contributed by atoms with Gasteiger partial charge in [-0.25, -0.2) is 4.98 Å². The fourth-order valence-electron chi connectivity index (χ4n) is 2.74. The van der Waals surface area contributed by atoms with Gasteiger partial charge in [-0.1, -0.05) is 30.3 Å². The van der Waals surface area contributed by atoms with Crippen molar-refractivity contribution in [3.8, 4) is 0 Å². The lowest BCUT2D eigenvalue weighted by molar-refractivity contribution is 0.0993. The SMILES string of the molecule is O=C(Cc1nc2ccccc2[nH]c1=O)c1c[nH]c2ccccc12. The van der Waals surface area contributed by atoms with Gasteiger partial charge in [0.15, 0.2) is 5.78 Å². The second kappa shape index (κ2) is 5.21. The Morgan fingerprint density at radius 2 is 1.74 bits per heavy atom. The number of hydrogen-bond donors (Lipinski definition) is 2. The number of aromatic amines is 2. The first kappa shape index (κ1) is 13.5. The number of fused-ring (bicyclic) bond motifs is 2. The highest BCUT2D eigenvalue weighted by molar-refractivity contribution is 6.08. The van der Waals surface area contributed by atoms with Crippen LogP contribution in [0.5, 0.6) is 0 Å². The molecule has 0 saturated heterocycles. The summed E-state index contributed by atoms with van der Waals surface area (Å²) in [6.45, 7) is 0. The van der Waals surface area contributed by atoms with Crippen molar-refractivity contribution in [1.29, 1.82) is 0 Å². The Morgan fingerprint density at radius 1 is 1.00 bits per heavy atom. The first-order chi connectivity index (χ1) is 11.2. The van der Waals surface area contributed by atoms with Crippen molar-refractivity contribution in [1.82, 2.24) is 15.0 Å². The second-order valence-electron chi connectivity index (χ2n) is 5.38. The number of benzene rings is 2. The van der Waals surface area contributed by atoms with E-state index in [1.165, 1.54) is 0 Å². The molecular formula is C18H13N3O2. The molecule has 23 heavy (non-hydrogen) atoms. The minimum Gasteiger partial charge on any atom is -0.360 e. The first-order valence-corrected chi connectivity index (χ1v) is 7.29.